The van der Waals surface area contributed by atoms with Crippen molar-refractivity contribution < 1.29 is 27.5 Å². The number of rotatable bonds is 7. The number of hydrogen-bond donors (Lipinski definition) is 3. The molecular weight excluding hydrogens is 449 g/mol. The molecular formula is C20H21ClFN3O5S. The van der Waals surface area contributed by atoms with E-state index in [2.05, 4.69) is 5.32 Å². The molecule has 0 aliphatic carbocycles. The number of sulfonamides is 1. The standard InChI is InChI=1S/C20H21ClFN3O5S/c21-13-2-1-3-16(9-13)31(29,30)25-11-15(23)10-18(25)19(26)24-17(20(27)28)8-12-4-6-14(22)7-5-12/h1-7,9,15,17-18H,8,10-11,23H2,(H,24,26)(H,27,28)/t15-,17+,18+/m1/s1. The molecule has 11 heteroatoms. The van der Waals surface area contributed by atoms with E-state index in [0.29, 0.717) is 5.56 Å². The number of halogens is 2. The van der Waals surface area contributed by atoms with Crippen LogP contribution in [0.3, 0.4) is 0 Å². The highest BCUT2D eigenvalue weighted by Crippen LogP contribution is 2.27. The molecule has 1 fully saturated rings. The van der Waals surface area contributed by atoms with Crippen LogP contribution in [0.4, 0.5) is 4.39 Å². The third-order valence-corrected chi connectivity index (χ3v) is 7.07. The van der Waals surface area contributed by atoms with E-state index in [0.717, 1.165) is 4.31 Å². The van der Waals surface area contributed by atoms with Crippen LogP contribution in [0.15, 0.2) is 53.4 Å². The predicted molar refractivity (Wildman–Crippen MR) is 111 cm³/mol. The van der Waals surface area contributed by atoms with Gasteiger partial charge in [0.1, 0.15) is 17.9 Å². The molecule has 31 heavy (non-hydrogen) atoms. The minimum absolute atomic E-state index is 0.0362. The Hall–Kier alpha value is -2.53. The zero-order valence-corrected chi connectivity index (χ0v) is 17.8. The van der Waals surface area contributed by atoms with Crippen molar-refractivity contribution in [3.63, 3.8) is 0 Å². The summed E-state index contributed by atoms with van der Waals surface area (Å²) in [5.74, 6) is -2.54. The molecule has 0 radical (unpaired) electrons. The number of amides is 1. The first-order valence-corrected chi connectivity index (χ1v) is 11.2. The summed E-state index contributed by atoms with van der Waals surface area (Å²) >= 11 is 5.90. The average molecular weight is 470 g/mol. The van der Waals surface area contributed by atoms with Gasteiger partial charge < -0.3 is 16.2 Å². The molecule has 0 unspecified atom stereocenters. The number of carbonyl (C=O) groups is 2. The summed E-state index contributed by atoms with van der Waals surface area (Å²) < 4.78 is 40.2. The molecule has 2 aromatic rings. The van der Waals surface area contributed by atoms with Crippen molar-refractivity contribution in [1.82, 2.24) is 9.62 Å². The van der Waals surface area contributed by atoms with Crippen LogP contribution in [0.2, 0.25) is 5.02 Å². The number of nitrogens with two attached hydrogens (primary N) is 1. The van der Waals surface area contributed by atoms with Gasteiger partial charge in [0, 0.05) is 24.0 Å². The second kappa shape index (κ2) is 9.31. The zero-order chi connectivity index (χ0) is 22.8. The van der Waals surface area contributed by atoms with Crippen molar-refractivity contribution in [3.8, 4) is 0 Å². The number of carbonyl (C=O) groups excluding carboxylic acids is 1. The largest absolute Gasteiger partial charge is 0.480 e. The minimum Gasteiger partial charge on any atom is -0.480 e. The highest BCUT2D eigenvalue weighted by Gasteiger charge is 2.43. The lowest BCUT2D eigenvalue weighted by molar-refractivity contribution is -0.142. The summed E-state index contributed by atoms with van der Waals surface area (Å²) in [7, 11) is -4.09. The fourth-order valence-corrected chi connectivity index (χ4v) is 5.38. The van der Waals surface area contributed by atoms with Crippen LogP contribution in [0.1, 0.15) is 12.0 Å². The normalized spacial score (nSPS) is 20.4. The fraction of sp³-hybridized carbons (Fsp3) is 0.300. The SMILES string of the molecule is N[C@@H]1C[C@@H](C(=O)N[C@@H](Cc2ccc(F)cc2)C(=O)O)N(S(=O)(=O)c2cccc(Cl)c2)C1. The topological polar surface area (TPSA) is 130 Å². The molecule has 2 aromatic carbocycles. The van der Waals surface area contributed by atoms with Gasteiger partial charge in [0.15, 0.2) is 0 Å². The second-order valence-electron chi connectivity index (χ2n) is 7.27. The van der Waals surface area contributed by atoms with Crippen molar-refractivity contribution in [3.05, 3.63) is 64.9 Å². The first-order chi connectivity index (χ1) is 14.6. The Morgan fingerprint density at radius 3 is 2.55 bits per heavy atom. The van der Waals surface area contributed by atoms with E-state index in [1.54, 1.807) is 0 Å². The van der Waals surface area contributed by atoms with E-state index < -0.39 is 45.8 Å². The van der Waals surface area contributed by atoms with Gasteiger partial charge in [-0.05, 0) is 42.3 Å². The number of carboxylic acid groups (broad SMARTS) is 1. The van der Waals surface area contributed by atoms with E-state index in [-0.39, 0.29) is 29.3 Å². The van der Waals surface area contributed by atoms with Gasteiger partial charge in [-0.2, -0.15) is 4.31 Å². The monoisotopic (exact) mass is 469 g/mol. The maximum absolute atomic E-state index is 13.1. The number of hydrogen-bond acceptors (Lipinski definition) is 5. The average Bonchev–Trinajstić information content (AvgIpc) is 3.11. The van der Waals surface area contributed by atoms with Gasteiger partial charge in [0.2, 0.25) is 15.9 Å². The molecule has 3 rings (SSSR count). The quantitative estimate of drug-likeness (QED) is 0.561. The Balaban J connectivity index is 1.81. The summed E-state index contributed by atoms with van der Waals surface area (Å²) in [6.07, 6.45) is -0.0598. The minimum atomic E-state index is -4.09. The van der Waals surface area contributed by atoms with Gasteiger partial charge in [-0.25, -0.2) is 17.6 Å². The van der Waals surface area contributed by atoms with Gasteiger partial charge >= 0.3 is 5.97 Å². The van der Waals surface area contributed by atoms with Crippen LogP contribution >= 0.6 is 11.6 Å². The molecule has 0 aromatic heterocycles. The van der Waals surface area contributed by atoms with E-state index in [4.69, 9.17) is 17.3 Å². The van der Waals surface area contributed by atoms with Crippen LogP contribution in [0.5, 0.6) is 0 Å². The van der Waals surface area contributed by atoms with Crippen molar-refractivity contribution in [2.75, 3.05) is 6.54 Å². The third-order valence-electron chi connectivity index (χ3n) is 4.96. The molecule has 1 heterocycles. The van der Waals surface area contributed by atoms with Crippen LogP contribution in [-0.4, -0.2) is 54.4 Å². The Labute approximate surface area is 183 Å². The van der Waals surface area contributed by atoms with Crippen molar-refractivity contribution in [2.24, 2.45) is 5.73 Å². The second-order valence-corrected chi connectivity index (χ2v) is 9.60. The summed E-state index contributed by atoms with van der Waals surface area (Å²) in [6, 6.07) is 7.73. The molecule has 1 saturated heterocycles. The zero-order valence-electron chi connectivity index (χ0n) is 16.2. The highest BCUT2D eigenvalue weighted by atomic mass is 35.5. The van der Waals surface area contributed by atoms with E-state index in [1.807, 2.05) is 0 Å². The number of benzene rings is 2. The van der Waals surface area contributed by atoms with Crippen molar-refractivity contribution >= 4 is 33.5 Å². The van der Waals surface area contributed by atoms with Crippen LogP contribution in [-0.2, 0) is 26.0 Å². The fourth-order valence-electron chi connectivity index (χ4n) is 3.43. The molecule has 0 spiro atoms. The maximum atomic E-state index is 13.1. The molecule has 3 atom stereocenters. The van der Waals surface area contributed by atoms with Crippen LogP contribution in [0.25, 0.3) is 0 Å². The Morgan fingerprint density at radius 2 is 1.94 bits per heavy atom. The lowest BCUT2D eigenvalue weighted by Gasteiger charge is -2.25. The molecule has 1 aliphatic heterocycles. The first-order valence-electron chi connectivity index (χ1n) is 9.38. The third kappa shape index (κ3) is 5.40. The van der Waals surface area contributed by atoms with Gasteiger partial charge in [-0.3, -0.25) is 4.79 Å². The number of aliphatic carboxylic acids is 1. The molecule has 4 N–H and O–H groups in total. The molecule has 0 saturated carbocycles. The van der Waals surface area contributed by atoms with E-state index in [1.165, 1.54) is 48.5 Å². The number of nitrogens with zero attached hydrogens (tertiary/aromatic N) is 1. The smallest absolute Gasteiger partial charge is 0.326 e. The van der Waals surface area contributed by atoms with Crippen LogP contribution < -0.4 is 11.1 Å². The van der Waals surface area contributed by atoms with Crippen molar-refractivity contribution in [2.45, 2.75) is 35.9 Å². The Bertz CT molecular complexity index is 1080. The summed E-state index contributed by atoms with van der Waals surface area (Å²) in [5, 5.41) is 12.1. The summed E-state index contributed by atoms with van der Waals surface area (Å²) in [5.41, 5.74) is 6.42. The van der Waals surface area contributed by atoms with Gasteiger partial charge in [0.25, 0.3) is 0 Å². The molecule has 1 amide bonds. The Kier molecular flexibility index (Phi) is 6.95. The molecule has 166 valence electrons. The molecule has 0 bridgehead atoms. The van der Waals surface area contributed by atoms with Gasteiger partial charge in [0.05, 0.1) is 4.90 Å². The molecule has 8 nitrogen and oxygen atoms in total. The van der Waals surface area contributed by atoms with Gasteiger partial charge in [-0.15, -0.1) is 0 Å². The molecule has 1 aliphatic rings. The highest BCUT2D eigenvalue weighted by molar-refractivity contribution is 7.89. The first kappa shape index (κ1) is 23.1. The van der Waals surface area contributed by atoms with Gasteiger partial charge in [-0.1, -0.05) is 29.8 Å². The van der Waals surface area contributed by atoms with Crippen LogP contribution in [0, 0.1) is 5.82 Å². The van der Waals surface area contributed by atoms with E-state index in [9.17, 15) is 27.5 Å². The number of carboxylic acids is 1. The van der Waals surface area contributed by atoms with E-state index >= 15 is 0 Å². The summed E-state index contributed by atoms with van der Waals surface area (Å²) in [4.78, 5) is 24.5. The van der Waals surface area contributed by atoms with Crippen molar-refractivity contribution in [1.29, 1.82) is 0 Å². The number of nitrogens with one attached hydrogen (secondary N) is 1. The predicted octanol–water partition coefficient (Wildman–Crippen LogP) is 1.38. The lowest BCUT2D eigenvalue weighted by atomic mass is 10.1. The maximum Gasteiger partial charge on any atom is 0.326 e. The Morgan fingerprint density at radius 1 is 1.26 bits per heavy atom. The lowest BCUT2D eigenvalue weighted by Crippen LogP contribution is -2.51. The summed E-state index contributed by atoms with van der Waals surface area (Å²) in [6.45, 7) is -0.0946.